The Morgan fingerprint density at radius 3 is 1.88 bits per heavy atom. The van der Waals surface area contributed by atoms with Crippen molar-refractivity contribution in [2.45, 2.75) is 77.6 Å². The summed E-state index contributed by atoms with van der Waals surface area (Å²) in [4.78, 5) is 10.9. The number of alkyl carbamates (subject to hydrolysis) is 1. The Bertz CT molecular complexity index is 406. The summed E-state index contributed by atoms with van der Waals surface area (Å²) in [5, 5.41) is 2.40. The molecule has 0 radical (unpaired) electrons. The van der Waals surface area contributed by atoms with Crippen LogP contribution in [0, 0.1) is 0 Å². The molecule has 0 unspecified atom stereocenters. The van der Waals surface area contributed by atoms with Crippen LogP contribution in [0.2, 0.25) is 51.4 Å². The van der Waals surface area contributed by atoms with Gasteiger partial charge < -0.3 is 23.0 Å². The van der Waals surface area contributed by atoms with Gasteiger partial charge in [-0.1, -0.05) is 19.8 Å². The molecule has 0 saturated heterocycles. The van der Waals surface area contributed by atoms with Gasteiger partial charge in [-0.05, 0) is 57.8 Å². The predicted molar refractivity (Wildman–Crippen MR) is 115 cm³/mol. The summed E-state index contributed by atoms with van der Waals surface area (Å²) in [6.07, 6.45) is 3.00. The highest BCUT2D eigenvalue weighted by Crippen LogP contribution is 2.26. The van der Waals surface area contributed by atoms with Gasteiger partial charge in [-0.2, -0.15) is 0 Å². The summed E-state index contributed by atoms with van der Waals surface area (Å²) < 4.78 is 23.5. The van der Waals surface area contributed by atoms with Gasteiger partial charge in [0.2, 0.25) is 0 Å². The van der Waals surface area contributed by atoms with Crippen LogP contribution in [0.4, 0.5) is 4.79 Å². The van der Waals surface area contributed by atoms with Crippen molar-refractivity contribution < 1.29 is 22.5 Å². The van der Waals surface area contributed by atoms with Gasteiger partial charge in [0.15, 0.2) is 16.6 Å². The molecule has 0 heterocycles. The van der Waals surface area contributed by atoms with E-state index in [-0.39, 0.29) is 6.61 Å². The lowest BCUT2D eigenvalue weighted by Gasteiger charge is -2.38. The molecule has 0 aliphatic carbocycles. The van der Waals surface area contributed by atoms with Gasteiger partial charge in [0.05, 0.1) is 6.61 Å². The van der Waals surface area contributed by atoms with E-state index in [1.165, 1.54) is 25.9 Å². The van der Waals surface area contributed by atoms with Crippen LogP contribution in [0.1, 0.15) is 26.2 Å². The van der Waals surface area contributed by atoms with Crippen LogP contribution in [0.5, 0.6) is 0 Å². The standard InChI is InChI=1S/C17H41NO5Si3/c1-9-10-15-24(3,4)22-26(7,8)23-25(5,6)16-11-12-20-13-14-21-17(19)18-2/h9-16H2,1-8H3,(H,18,19). The molecule has 0 spiro atoms. The molecule has 0 bridgehead atoms. The maximum atomic E-state index is 10.9. The van der Waals surface area contributed by atoms with Crippen molar-refractivity contribution in [3.05, 3.63) is 0 Å². The van der Waals surface area contributed by atoms with Crippen molar-refractivity contribution in [2.24, 2.45) is 0 Å². The third-order valence-electron chi connectivity index (χ3n) is 3.91. The van der Waals surface area contributed by atoms with E-state index in [9.17, 15) is 4.79 Å². The SMILES string of the molecule is CCCC[Si](C)(C)O[Si](C)(C)O[Si](C)(C)CCCOCCOC(=O)NC. The largest absolute Gasteiger partial charge is 0.447 e. The van der Waals surface area contributed by atoms with E-state index in [0.717, 1.165) is 12.5 Å². The van der Waals surface area contributed by atoms with E-state index in [4.69, 9.17) is 17.7 Å². The average Bonchev–Trinajstić information content (AvgIpc) is 2.49. The predicted octanol–water partition coefficient (Wildman–Crippen LogP) is 4.69. The Kier molecular flexibility index (Phi) is 12.2. The zero-order chi connectivity index (χ0) is 20.3. The van der Waals surface area contributed by atoms with Gasteiger partial charge >= 0.3 is 14.7 Å². The molecule has 0 fully saturated rings. The number of carbonyl (C=O) groups excluding carboxylic acids is 1. The fourth-order valence-electron chi connectivity index (χ4n) is 3.02. The second-order valence-corrected chi connectivity index (χ2v) is 20.8. The van der Waals surface area contributed by atoms with E-state index in [2.05, 4.69) is 51.5 Å². The highest BCUT2D eigenvalue weighted by Gasteiger charge is 2.39. The van der Waals surface area contributed by atoms with Crippen molar-refractivity contribution in [3.63, 3.8) is 0 Å². The minimum absolute atomic E-state index is 0.280. The molecule has 1 N–H and O–H groups in total. The van der Waals surface area contributed by atoms with Gasteiger partial charge in [0, 0.05) is 13.7 Å². The van der Waals surface area contributed by atoms with Crippen LogP contribution in [0.25, 0.3) is 0 Å². The van der Waals surface area contributed by atoms with Crippen molar-refractivity contribution in [1.82, 2.24) is 5.32 Å². The molecule has 1 amide bonds. The summed E-state index contributed by atoms with van der Waals surface area (Å²) in [7, 11) is -3.98. The Balaban J connectivity index is 4.12. The molecule has 0 aromatic rings. The fraction of sp³-hybridized carbons (Fsp3) is 0.941. The molecule has 0 aromatic carbocycles. The molecule has 0 rings (SSSR count). The third kappa shape index (κ3) is 13.9. The summed E-state index contributed by atoms with van der Waals surface area (Å²) in [5.41, 5.74) is 0. The van der Waals surface area contributed by atoms with Crippen LogP contribution in [-0.4, -0.2) is 58.2 Å². The topological polar surface area (TPSA) is 66.0 Å². The highest BCUT2D eigenvalue weighted by atomic mass is 28.5. The van der Waals surface area contributed by atoms with E-state index >= 15 is 0 Å². The Labute approximate surface area is 163 Å². The van der Waals surface area contributed by atoms with Crippen molar-refractivity contribution in [3.8, 4) is 0 Å². The van der Waals surface area contributed by atoms with Crippen molar-refractivity contribution in [2.75, 3.05) is 26.9 Å². The zero-order valence-electron chi connectivity index (χ0n) is 18.2. The molecule has 0 aliphatic rings. The number of hydrogen-bond acceptors (Lipinski definition) is 5. The van der Waals surface area contributed by atoms with Gasteiger partial charge in [-0.3, -0.25) is 0 Å². The monoisotopic (exact) mass is 423 g/mol. The first-order valence-electron chi connectivity index (χ1n) is 9.75. The molecular weight excluding hydrogens is 382 g/mol. The molecule has 0 aromatic heterocycles. The van der Waals surface area contributed by atoms with Crippen molar-refractivity contribution in [1.29, 1.82) is 0 Å². The molecule has 6 nitrogen and oxygen atoms in total. The maximum Gasteiger partial charge on any atom is 0.406 e. The van der Waals surface area contributed by atoms with Crippen LogP contribution in [0.15, 0.2) is 0 Å². The lowest BCUT2D eigenvalue weighted by atomic mass is 10.4. The normalized spacial score (nSPS) is 12.9. The molecule has 9 heteroatoms. The highest BCUT2D eigenvalue weighted by molar-refractivity contribution is 6.87. The van der Waals surface area contributed by atoms with E-state index in [1.807, 2.05) is 0 Å². The van der Waals surface area contributed by atoms with Crippen LogP contribution < -0.4 is 5.32 Å². The lowest BCUT2D eigenvalue weighted by Crippen LogP contribution is -2.52. The smallest absolute Gasteiger partial charge is 0.406 e. The number of ether oxygens (including phenoxy) is 2. The second kappa shape index (κ2) is 12.3. The first-order valence-corrected chi connectivity index (χ1v) is 18.8. The summed E-state index contributed by atoms with van der Waals surface area (Å²) in [6, 6.07) is 2.25. The molecular formula is C17H41NO5Si3. The first kappa shape index (κ1) is 25.8. The summed E-state index contributed by atoms with van der Waals surface area (Å²) in [5.74, 6) is 0. The summed E-state index contributed by atoms with van der Waals surface area (Å²) >= 11 is 0. The average molecular weight is 424 g/mol. The van der Waals surface area contributed by atoms with Crippen LogP contribution in [0.3, 0.4) is 0 Å². The van der Waals surface area contributed by atoms with Crippen LogP contribution in [-0.2, 0) is 17.7 Å². The minimum Gasteiger partial charge on any atom is -0.447 e. The molecule has 156 valence electrons. The molecule has 26 heavy (non-hydrogen) atoms. The van der Waals surface area contributed by atoms with Crippen LogP contribution >= 0.6 is 0 Å². The first-order chi connectivity index (χ1) is 11.9. The number of amides is 1. The van der Waals surface area contributed by atoms with E-state index in [0.29, 0.717) is 13.2 Å². The van der Waals surface area contributed by atoms with E-state index < -0.39 is 31.3 Å². The lowest BCUT2D eigenvalue weighted by molar-refractivity contribution is 0.0736. The number of rotatable bonds is 14. The van der Waals surface area contributed by atoms with Gasteiger partial charge in [0.25, 0.3) is 0 Å². The van der Waals surface area contributed by atoms with Gasteiger partial charge in [-0.25, -0.2) is 4.79 Å². The van der Waals surface area contributed by atoms with Gasteiger partial charge in [0.1, 0.15) is 6.61 Å². The summed E-state index contributed by atoms with van der Waals surface area (Å²) in [6.45, 7) is 17.1. The Hall–Kier alpha value is -0.199. The number of carbonyl (C=O) groups is 1. The van der Waals surface area contributed by atoms with Crippen molar-refractivity contribution >= 4 is 31.3 Å². The molecule has 0 atom stereocenters. The Morgan fingerprint density at radius 2 is 1.38 bits per heavy atom. The molecule has 0 saturated carbocycles. The third-order valence-corrected chi connectivity index (χ3v) is 15.4. The second-order valence-electron chi connectivity index (χ2n) is 8.33. The van der Waals surface area contributed by atoms with Gasteiger partial charge in [-0.15, -0.1) is 0 Å². The number of unbranched alkanes of at least 4 members (excludes halogenated alkanes) is 1. The quantitative estimate of drug-likeness (QED) is 0.324. The van der Waals surface area contributed by atoms with E-state index in [1.54, 1.807) is 0 Å². The molecule has 0 aliphatic heterocycles. The number of nitrogens with one attached hydrogen (secondary N) is 1. The minimum atomic E-state index is -2.10. The Morgan fingerprint density at radius 1 is 0.846 bits per heavy atom. The maximum absolute atomic E-state index is 10.9. The fourth-order valence-corrected chi connectivity index (χ4v) is 17.2. The zero-order valence-corrected chi connectivity index (χ0v) is 21.2. The number of hydrogen-bond donors (Lipinski definition) is 1.